The Kier molecular flexibility index (Phi) is 1.65. The van der Waals surface area contributed by atoms with E-state index in [0.29, 0.717) is 0 Å². The first kappa shape index (κ1) is 7.74. The van der Waals surface area contributed by atoms with E-state index in [0.717, 1.165) is 0 Å². The highest BCUT2D eigenvalue weighted by Gasteiger charge is 2.12. The molecule has 1 nitrogen and oxygen atoms in total. The minimum absolute atomic E-state index is 0.179. The van der Waals surface area contributed by atoms with Gasteiger partial charge in [-0.3, -0.25) is 0 Å². The average Bonchev–Trinajstić information content (AvgIpc) is 2.40. The molecule has 0 fully saturated rings. The van der Waals surface area contributed by atoms with Crippen molar-refractivity contribution in [3.63, 3.8) is 0 Å². The molecule has 1 aliphatic carbocycles. The molecule has 1 heterocycles. The van der Waals surface area contributed by atoms with Gasteiger partial charge < -0.3 is 0 Å². The Labute approximate surface area is 76.6 Å². The van der Waals surface area contributed by atoms with Crippen molar-refractivity contribution in [3.8, 4) is 0 Å². The van der Waals surface area contributed by atoms with Gasteiger partial charge in [0.1, 0.15) is 0 Å². The summed E-state index contributed by atoms with van der Waals surface area (Å²) < 4.78 is 4.13. The van der Waals surface area contributed by atoms with Crippen molar-refractivity contribution in [3.05, 3.63) is 28.8 Å². The van der Waals surface area contributed by atoms with Gasteiger partial charge >= 0.3 is 0 Å². The molecule has 2 rings (SSSR count). The molecule has 62 valence electrons. The monoisotopic (exact) mass is 177 g/mol. The van der Waals surface area contributed by atoms with Crippen LogP contribution in [0.2, 0.25) is 0 Å². The summed E-state index contributed by atoms with van der Waals surface area (Å²) in [5.41, 5.74) is 1.42. The highest BCUT2D eigenvalue weighted by atomic mass is 32.1. The fourth-order valence-corrected chi connectivity index (χ4v) is 1.79. The first-order chi connectivity index (χ1) is 5.67. The molecule has 2 heteroatoms. The van der Waals surface area contributed by atoms with E-state index in [2.05, 4.69) is 42.5 Å². The van der Waals surface area contributed by atoms with Crippen LogP contribution in [-0.2, 0) is 0 Å². The van der Waals surface area contributed by atoms with E-state index in [1.165, 1.54) is 10.4 Å². The van der Waals surface area contributed by atoms with Gasteiger partial charge in [-0.05, 0) is 17.6 Å². The van der Waals surface area contributed by atoms with Crippen molar-refractivity contribution in [2.24, 2.45) is 5.41 Å². The van der Waals surface area contributed by atoms with Gasteiger partial charge in [0, 0.05) is 17.2 Å². The van der Waals surface area contributed by atoms with E-state index in [4.69, 9.17) is 0 Å². The SMILES string of the molecule is CC1(C)C=Cc2cnsc2C=C1. The van der Waals surface area contributed by atoms with Gasteiger partial charge in [-0.25, -0.2) is 0 Å². The van der Waals surface area contributed by atoms with Crippen molar-refractivity contribution in [1.29, 1.82) is 0 Å². The highest BCUT2D eigenvalue weighted by molar-refractivity contribution is 7.07. The number of hydrogen-bond acceptors (Lipinski definition) is 2. The third-order valence-corrected chi connectivity index (χ3v) is 2.76. The van der Waals surface area contributed by atoms with Crippen LogP contribution >= 0.6 is 11.5 Å². The molecule has 1 aromatic rings. The molecule has 0 N–H and O–H groups in total. The predicted molar refractivity (Wildman–Crippen MR) is 54.0 cm³/mol. The summed E-state index contributed by atoms with van der Waals surface area (Å²) in [4.78, 5) is 1.26. The summed E-state index contributed by atoms with van der Waals surface area (Å²) in [7, 11) is 0. The summed E-state index contributed by atoms with van der Waals surface area (Å²) in [6.07, 6.45) is 10.7. The average molecular weight is 177 g/mol. The Hall–Kier alpha value is -0.890. The molecule has 0 aromatic carbocycles. The lowest BCUT2D eigenvalue weighted by Gasteiger charge is -2.11. The normalized spacial score (nSPS) is 18.8. The quantitative estimate of drug-likeness (QED) is 0.593. The zero-order valence-corrected chi connectivity index (χ0v) is 8.06. The minimum Gasteiger partial charge on any atom is -0.200 e. The van der Waals surface area contributed by atoms with Crippen molar-refractivity contribution in [1.82, 2.24) is 4.37 Å². The molecular formula is C10H11NS. The van der Waals surface area contributed by atoms with Gasteiger partial charge in [0.25, 0.3) is 0 Å². The van der Waals surface area contributed by atoms with Crippen LogP contribution < -0.4 is 0 Å². The molecule has 0 bridgehead atoms. The van der Waals surface area contributed by atoms with E-state index in [1.807, 2.05) is 6.20 Å². The molecule has 12 heavy (non-hydrogen) atoms. The second kappa shape index (κ2) is 2.56. The van der Waals surface area contributed by atoms with Crippen molar-refractivity contribution < 1.29 is 0 Å². The number of nitrogens with zero attached hydrogens (tertiary/aromatic N) is 1. The van der Waals surface area contributed by atoms with Crippen LogP contribution in [0.15, 0.2) is 18.3 Å². The predicted octanol–water partition coefficient (Wildman–Crippen LogP) is 3.21. The lowest BCUT2D eigenvalue weighted by atomic mass is 9.93. The number of hydrogen-bond donors (Lipinski definition) is 0. The van der Waals surface area contributed by atoms with Crippen LogP contribution in [0.1, 0.15) is 24.3 Å². The smallest absolute Gasteiger partial charge is 0.0547 e. The molecule has 0 aliphatic heterocycles. The van der Waals surface area contributed by atoms with Gasteiger partial charge in [0.05, 0.1) is 4.88 Å². The van der Waals surface area contributed by atoms with Crippen LogP contribution in [-0.4, -0.2) is 4.37 Å². The van der Waals surface area contributed by atoms with Crippen LogP contribution in [0.3, 0.4) is 0 Å². The van der Waals surface area contributed by atoms with E-state index >= 15 is 0 Å². The first-order valence-electron chi connectivity index (χ1n) is 4.00. The zero-order valence-electron chi connectivity index (χ0n) is 7.24. The number of aromatic nitrogens is 1. The zero-order chi connectivity index (χ0) is 8.60. The number of rotatable bonds is 0. The third-order valence-electron chi connectivity index (χ3n) is 1.98. The van der Waals surface area contributed by atoms with Gasteiger partial charge in [-0.15, -0.1) is 0 Å². The lowest BCUT2D eigenvalue weighted by molar-refractivity contribution is 0.633. The van der Waals surface area contributed by atoms with Gasteiger partial charge in [-0.2, -0.15) is 4.37 Å². The summed E-state index contributed by atoms with van der Waals surface area (Å²) in [5, 5.41) is 0. The third kappa shape index (κ3) is 1.34. The summed E-state index contributed by atoms with van der Waals surface area (Å²) >= 11 is 1.55. The molecule has 0 amide bonds. The fourth-order valence-electron chi connectivity index (χ4n) is 1.16. The summed E-state index contributed by atoms with van der Waals surface area (Å²) in [5.74, 6) is 0. The van der Waals surface area contributed by atoms with Gasteiger partial charge in [0.15, 0.2) is 0 Å². The molecule has 0 saturated carbocycles. The van der Waals surface area contributed by atoms with Crippen LogP contribution in [0, 0.1) is 5.41 Å². The van der Waals surface area contributed by atoms with Crippen LogP contribution in [0.4, 0.5) is 0 Å². The Balaban J connectivity index is 2.49. The van der Waals surface area contributed by atoms with E-state index < -0.39 is 0 Å². The van der Waals surface area contributed by atoms with E-state index in [-0.39, 0.29) is 5.41 Å². The van der Waals surface area contributed by atoms with Crippen molar-refractivity contribution in [2.45, 2.75) is 13.8 Å². The van der Waals surface area contributed by atoms with E-state index in [1.54, 1.807) is 11.5 Å². The van der Waals surface area contributed by atoms with E-state index in [9.17, 15) is 0 Å². The molecule has 0 spiro atoms. The van der Waals surface area contributed by atoms with Gasteiger partial charge in [0.2, 0.25) is 0 Å². The number of allylic oxidation sites excluding steroid dienone is 2. The van der Waals surface area contributed by atoms with Crippen molar-refractivity contribution in [2.75, 3.05) is 0 Å². The maximum atomic E-state index is 4.13. The van der Waals surface area contributed by atoms with Crippen LogP contribution in [0.5, 0.6) is 0 Å². The summed E-state index contributed by atoms with van der Waals surface area (Å²) in [6.45, 7) is 4.40. The largest absolute Gasteiger partial charge is 0.200 e. The molecule has 1 aliphatic rings. The molecule has 0 unspecified atom stereocenters. The molecule has 0 radical (unpaired) electrons. The Morgan fingerprint density at radius 3 is 2.83 bits per heavy atom. The maximum absolute atomic E-state index is 4.13. The fraction of sp³-hybridized carbons (Fsp3) is 0.300. The topological polar surface area (TPSA) is 12.9 Å². The maximum Gasteiger partial charge on any atom is 0.0547 e. The van der Waals surface area contributed by atoms with Crippen molar-refractivity contribution >= 4 is 23.7 Å². The summed E-state index contributed by atoms with van der Waals surface area (Å²) in [6, 6.07) is 0. The highest BCUT2D eigenvalue weighted by Crippen LogP contribution is 2.28. The van der Waals surface area contributed by atoms with Crippen LogP contribution in [0.25, 0.3) is 12.2 Å². The Bertz CT molecular complexity index is 314. The Morgan fingerprint density at radius 2 is 2.00 bits per heavy atom. The lowest BCUT2D eigenvalue weighted by Crippen LogP contribution is -2.00. The second-order valence-electron chi connectivity index (χ2n) is 3.63. The molecule has 1 aromatic heterocycles. The minimum atomic E-state index is 0.179. The second-order valence-corrected chi connectivity index (χ2v) is 4.47. The standard InChI is InChI=1S/C10H11NS/c1-10(2)5-3-8-7-11-12-9(8)4-6-10/h3-7H,1-2H3. The first-order valence-corrected chi connectivity index (χ1v) is 4.78. The number of fused-ring (bicyclic) bond motifs is 1. The molecule has 0 atom stereocenters. The Morgan fingerprint density at radius 1 is 1.25 bits per heavy atom. The molecular weight excluding hydrogens is 166 g/mol. The van der Waals surface area contributed by atoms with Gasteiger partial charge in [-0.1, -0.05) is 32.1 Å². The molecule has 0 saturated heterocycles.